The minimum absolute atomic E-state index is 0.0552. The number of rotatable bonds is 12. The molecule has 4 aromatic rings. The van der Waals surface area contributed by atoms with Crippen LogP contribution in [0.2, 0.25) is 0 Å². The van der Waals surface area contributed by atoms with Crippen molar-refractivity contribution in [3.63, 3.8) is 0 Å². The molecule has 0 radical (unpaired) electrons. The zero-order valence-corrected chi connectivity index (χ0v) is 28.6. The summed E-state index contributed by atoms with van der Waals surface area (Å²) in [5.74, 6) is -0.639. The molecule has 9 heteroatoms. The van der Waals surface area contributed by atoms with Crippen LogP contribution in [0.1, 0.15) is 73.5 Å². The first-order valence-electron chi connectivity index (χ1n) is 16.5. The average Bonchev–Trinajstić information content (AvgIpc) is 3.39. The number of alkyl carbamates (subject to hydrolysis) is 1. The molecule has 0 heterocycles. The predicted octanol–water partition coefficient (Wildman–Crippen LogP) is 7.25. The number of esters is 1. The molecular formula is C40H44N2O7. The summed E-state index contributed by atoms with van der Waals surface area (Å²) in [4.78, 5) is 39.4. The molecule has 0 fully saturated rings. The molecule has 3 N–H and O–H groups in total. The van der Waals surface area contributed by atoms with Crippen LogP contribution in [0.5, 0.6) is 5.75 Å². The van der Waals surface area contributed by atoms with Crippen LogP contribution in [-0.4, -0.2) is 48.4 Å². The van der Waals surface area contributed by atoms with Gasteiger partial charge in [-0.3, -0.25) is 4.79 Å². The first-order valence-corrected chi connectivity index (χ1v) is 16.5. The number of nitrogens with one attached hydrogen (secondary N) is 2. The molecule has 4 aromatic carbocycles. The molecule has 2 amide bonds. The van der Waals surface area contributed by atoms with E-state index >= 15 is 0 Å². The summed E-state index contributed by atoms with van der Waals surface area (Å²) in [7, 11) is 1.63. The lowest BCUT2D eigenvalue weighted by molar-refractivity contribution is -0.158. The molecular weight excluding hydrogens is 620 g/mol. The van der Waals surface area contributed by atoms with Crippen molar-refractivity contribution in [3.8, 4) is 16.9 Å². The van der Waals surface area contributed by atoms with Crippen LogP contribution < -0.4 is 15.4 Å². The second-order valence-electron chi connectivity index (χ2n) is 13.3. The second-order valence-corrected chi connectivity index (χ2v) is 13.3. The van der Waals surface area contributed by atoms with Crippen LogP contribution in [0.15, 0.2) is 91.0 Å². The normalized spacial score (nSPS) is 13.4. The molecule has 5 rings (SSSR count). The number of methoxy groups -OCH3 is 1. The molecule has 9 nitrogen and oxygen atoms in total. The van der Waals surface area contributed by atoms with E-state index in [4.69, 9.17) is 14.2 Å². The van der Waals surface area contributed by atoms with Gasteiger partial charge in [-0.25, -0.2) is 9.59 Å². The number of benzene rings is 4. The maximum atomic E-state index is 13.2. The molecule has 0 spiro atoms. The maximum absolute atomic E-state index is 13.2. The molecule has 0 unspecified atom stereocenters. The highest BCUT2D eigenvalue weighted by atomic mass is 16.6. The molecule has 0 aromatic heterocycles. The van der Waals surface area contributed by atoms with Crippen LogP contribution in [0, 0.1) is 6.92 Å². The Hall–Kier alpha value is -5.15. The molecule has 256 valence electrons. The number of carbonyl (C=O) groups excluding carboxylic acids is 3. The molecule has 1 aliphatic carbocycles. The Balaban J connectivity index is 1.20. The van der Waals surface area contributed by atoms with Gasteiger partial charge in [0.2, 0.25) is 5.91 Å². The van der Waals surface area contributed by atoms with E-state index in [9.17, 15) is 19.5 Å². The predicted molar refractivity (Wildman–Crippen MR) is 189 cm³/mol. The van der Waals surface area contributed by atoms with Crippen LogP contribution in [0.25, 0.3) is 11.1 Å². The lowest BCUT2D eigenvalue weighted by atomic mass is 9.98. The number of amides is 2. The van der Waals surface area contributed by atoms with Crippen LogP contribution in [0.4, 0.5) is 10.5 Å². The fourth-order valence-corrected chi connectivity index (χ4v) is 6.06. The molecule has 0 bridgehead atoms. The lowest BCUT2D eigenvalue weighted by Crippen LogP contribution is -2.46. The first-order chi connectivity index (χ1) is 23.4. The number of aliphatic hydroxyl groups excluding tert-OH is 1. The number of hydrogen-bond donors (Lipinski definition) is 3. The minimum atomic E-state index is -1.30. The quantitative estimate of drug-likeness (QED) is 0.136. The van der Waals surface area contributed by atoms with Crippen molar-refractivity contribution in [3.05, 3.63) is 119 Å². The molecule has 2 atom stereocenters. The fourth-order valence-electron chi connectivity index (χ4n) is 6.06. The molecule has 49 heavy (non-hydrogen) atoms. The van der Waals surface area contributed by atoms with Gasteiger partial charge in [-0.1, -0.05) is 72.8 Å². The summed E-state index contributed by atoms with van der Waals surface area (Å²) >= 11 is 0. The fraction of sp³-hybridized carbons (Fsp3) is 0.325. The smallest absolute Gasteiger partial charge is 0.407 e. The standard InChI is InChI=1S/C40H44N2O7/c1-25-17-18-26(21-36(25)47-5)19-20-35(43)27-11-10-12-28(22-27)41-37(44)23-34(38(45)49-40(2,3)4)42-39(46)48-24-33-31-15-8-6-13-29(31)30-14-7-9-16-32(30)33/h6-18,21-22,33-35,43H,19-20,23-24H2,1-5H3,(H,41,44)(H,42,46)/t34-,35+/m0/s1. The monoisotopic (exact) mass is 664 g/mol. The van der Waals surface area contributed by atoms with E-state index < -0.39 is 35.7 Å². The van der Waals surface area contributed by atoms with Crippen molar-refractivity contribution in [2.45, 2.75) is 70.6 Å². The highest BCUT2D eigenvalue weighted by Crippen LogP contribution is 2.44. The van der Waals surface area contributed by atoms with E-state index in [1.54, 1.807) is 52.1 Å². The number of ether oxygens (including phenoxy) is 3. The zero-order chi connectivity index (χ0) is 35.1. The van der Waals surface area contributed by atoms with Gasteiger partial charge in [0.25, 0.3) is 0 Å². The molecule has 1 aliphatic rings. The Morgan fingerprint density at radius 1 is 0.878 bits per heavy atom. The Labute approximate surface area is 287 Å². The van der Waals surface area contributed by atoms with Crippen molar-refractivity contribution in [2.75, 3.05) is 19.0 Å². The van der Waals surface area contributed by atoms with Crippen molar-refractivity contribution in [2.24, 2.45) is 0 Å². The van der Waals surface area contributed by atoms with Crippen molar-refractivity contribution in [1.82, 2.24) is 5.32 Å². The number of aryl methyl sites for hydroxylation is 2. The van der Waals surface area contributed by atoms with Gasteiger partial charge in [0, 0.05) is 11.6 Å². The first kappa shape index (κ1) is 35.2. The number of aliphatic hydroxyl groups is 1. The van der Waals surface area contributed by atoms with Crippen LogP contribution in [-0.2, 0) is 25.5 Å². The van der Waals surface area contributed by atoms with E-state index in [-0.39, 0.29) is 18.9 Å². The third-order valence-electron chi connectivity index (χ3n) is 8.45. The summed E-state index contributed by atoms with van der Waals surface area (Å²) in [5.41, 5.74) is 6.63. The third kappa shape index (κ3) is 9.06. The average molecular weight is 665 g/mol. The highest BCUT2D eigenvalue weighted by molar-refractivity contribution is 5.95. The van der Waals surface area contributed by atoms with Crippen molar-refractivity contribution >= 4 is 23.7 Å². The summed E-state index contributed by atoms with van der Waals surface area (Å²) in [6, 6.07) is 27.6. The largest absolute Gasteiger partial charge is 0.496 e. The van der Waals surface area contributed by atoms with Gasteiger partial charge in [0.1, 0.15) is 24.0 Å². The third-order valence-corrected chi connectivity index (χ3v) is 8.45. The highest BCUT2D eigenvalue weighted by Gasteiger charge is 2.32. The second kappa shape index (κ2) is 15.4. The lowest BCUT2D eigenvalue weighted by Gasteiger charge is -2.24. The van der Waals surface area contributed by atoms with Crippen LogP contribution in [0.3, 0.4) is 0 Å². The van der Waals surface area contributed by atoms with E-state index in [0.717, 1.165) is 39.1 Å². The Morgan fingerprint density at radius 3 is 2.20 bits per heavy atom. The summed E-state index contributed by atoms with van der Waals surface area (Å²) < 4.78 is 16.6. The Kier molecular flexibility index (Phi) is 11.0. The van der Waals surface area contributed by atoms with Gasteiger partial charge < -0.3 is 30.0 Å². The number of carbonyl (C=O) groups is 3. The molecule has 0 aliphatic heterocycles. The number of fused-ring (bicyclic) bond motifs is 3. The number of hydrogen-bond acceptors (Lipinski definition) is 7. The van der Waals surface area contributed by atoms with Gasteiger partial charge >= 0.3 is 12.1 Å². The van der Waals surface area contributed by atoms with Gasteiger partial charge in [-0.15, -0.1) is 0 Å². The summed E-state index contributed by atoms with van der Waals surface area (Å²) in [6.45, 7) is 7.16. The van der Waals surface area contributed by atoms with Crippen molar-refractivity contribution < 1.29 is 33.7 Å². The van der Waals surface area contributed by atoms with Gasteiger partial charge in [-0.05, 0) is 97.7 Å². The molecule has 0 saturated heterocycles. The van der Waals surface area contributed by atoms with Gasteiger partial charge in [0.15, 0.2) is 0 Å². The van der Waals surface area contributed by atoms with Crippen molar-refractivity contribution in [1.29, 1.82) is 0 Å². The van der Waals surface area contributed by atoms with Gasteiger partial charge in [0.05, 0.1) is 19.6 Å². The Morgan fingerprint density at radius 2 is 1.55 bits per heavy atom. The van der Waals surface area contributed by atoms with E-state index in [0.29, 0.717) is 24.1 Å². The summed E-state index contributed by atoms with van der Waals surface area (Å²) in [6.07, 6.45) is -0.890. The minimum Gasteiger partial charge on any atom is -0.496 e. The van der Waals surface area contributed by atoms with Crippen LogP contribution >= 0.6 is 0 Å². The molecule has 0 saturated carbocycles. The number of anilines is 1. The zero-order valence-electron chi connectivity index (χ0n) is 28.6. The van der Waals surface area contributed by atoms with E-state index in [1.165, 1.54) is 0 Å². The Bertz CT molecular complexity index is 1770. The van der Waals surface area contributed by atoms with E-state index in [1.807, 2.05) is 73.7 Å². The topological polar surface area (TPSA) is 123 Å². The summed E-state index contributed by atoms with van der Waals surface area (Å²) in [5, 5.41) is 16.3. The maximum Gasteiger partial charge on any atom is 0.407 e. The SMILES string of the molecule is COc1cc(CC[C@@H](O)c2cccc(NC(=O)C[C@H](NC(=O)OCC3c4ccccc4-c4ccccc43)C(=O)OC(C)(C)C)c2)ccc1C. The van der Waals surface area contributed by atoms with E-state index in [2.05, 4.69) is 10.6 Å². The van der Waals surface area contributed by atoms with Gasteiger partial charge in [-0.2, -0.15) is 0 Å².